The molecule has 0 saturated heterocycles. The van der Waals surface area contributed by atoms with E-state index in [-0.39, 0.29) is 0 Å². The minimum absolute atomic E-state index is 0.607. The van der Waals surface area contributed by atoms with Crippen LogP contribution in [0.4, 0.5) is 0 Å². The number of nitrogens with zero attached hydrogens (tertiary/aromatic N) is 4. The molecule has 2 N–H and O–H groups in total. The van der Waals surface area contributed by atoms with Crippen molar-refractivity contribution in [2.45, 2.75) is 19.9 Å². The molecule has 3 rings (SSSR count). The molecular weight excluding hydrogens is 352 g/mol. The van der Waals surface area contributed by atoms with Crippen LogP contribution in [-0.4, -0.2) is 40.9 Å². The molecule has 0 unspecified atom stereocenters. The number of aliphatic imine (C=N–C) groups is 1. The Morgan fingerprint density at radius 1 is 1.11 bits per heavy atom. The average molecular weight is 378 g/mol. The second-order valence-corrected chi connectivity index (χ2v) is 6.15. The zero-order valence-electron chi connectivity index (χ0n) is 16.3. The Kier molecular flexibility index (Phi) is 7.01. The van der Waals surface area contributed by atoms with E-state index in [1.807, 2.05) is 36.0 Å². The van der Waals surface area contributed by atoms with Crippen LogP contribution in [-0.2, 0) is 13.0 Å². The first-order valence-electron chi connectivity index (χ1n) is 9.39. The maximum Gasteiger partial charge on any atom is 0.213 e. The lowest BCUT2D eigenvalue weighted by molar-refractivity contribution is 0.326. The Labute approximate surface area is 165 Å². The van der Waals surface area contributed by atoms with Gasteiger partial charge >= 0.3 is 0 Å². The molecule has 0 bridgehead atoms. The van der Waals surface area contributed by atoms with Crippen molar-refractivity contribution in [1.82, 2.24) is 25.4 Å². The summed E-state index contributed by atoms with van der Waals surface area (Å²) in [6.07, 6.45) is 6.38. The Morgan fingerprint density at radius 2 is 1.96 bits per heavy atom. The Morgan fingerprint density at radius 3 is 2.68 bits per heavy atom. The van der Waals surface area contributed by atoms with Gasteiger partial charge in [0.1, 0.15) is 0 Å². The number of hydrogen-bond donors (Lipinski definition) is 2. The first-order chi connectivity index (χ1) is 13.8. The molecule has 7 nitrogen and oxygen atoms in total. The Bertz CT molecular complexity index is 874. The van der Waals surface area contributed by atoms with Gasteiger partial charge in [-0.2, -0.15) is 5.10 Å². The van der Waals surface area contributed by atoms with E-state index in [1.54, 1.807) is 19.4 Å². The minimum atomic E-state index is 0.607. The van der Waals surface area contributed by atoms with Crippen LogP contribution in [0.25, 0.3) is 5.69 Å². The third-order valence-electron chi connectivity index (χ3n) is 4.19. The summed E-state index contributed by atoms with van der Waals surface area (Å²) in [4.78, 5) is 8.46. The van der Waals surface area contributed by atoms with Crippen molar-refractivity contribution in [2.75, 3.05) is 20.2 Å². The maximum absolute atomic E-state index is 5.44. The fourth-order valence-electron chi connectivity index (χ4n) is 2.76. The molecule has 0 atom stereocenters. The third kappa shape index (κ3) is 5.57. The van der Waals surface area contributed by atoms with Crippen LogP contribution in [0.2, 0.25) is 0 Å². The van der Waals surface area contributed by atoms with Crippen LogP contribution < -0.4 is 15.4 Å². The average Bonchev–Trinajstić information content (AvgIpc) is 3.26. The zero-order valence-corrected chi connectivity index (χ0v) is 16.3. The summed E-state index contributed by atoms with van der Waals surface area (Å²) in [5.74, 6) is 1.41. The highest BCUT2D eigenvalue weighted by Crippen LogP contribution is 2.10. The van der Waals surface area contributed by atoms with E-state index < -0.39 is 0 Å². The molecule has 28 heavy (non-hydrogen) atoms. The van der Waals surface area contributed by atoms with Gasteiger partial charge in [0.25, 0.3) is 0 Å². The smallest absolute Gasteiger partial charge is 0.213 e. The van der Waals surface area contributed by atoms with Crippen molar-refractivity contribution in [3.8, 4) is 11.6 Å². The van der Waals surface area contributed by atoms with Crippen molar-refractivity contribution >= 4 is 5.96 Å². The topological polar surface area (TPSA) is 76.4 Å². The summed E-state index contributed by atoms with van der Waals surface area (Å²) in [5.41, 5.74) is 3.41. The molecule has 0 fully saturated rings. The monoisotopic (exact) mass is 378 g/mol. The van der Waals surface area contributed by atoms with Crippen molar-refractivity contribution in [1.29, 1.82) is 0 Å². The number of aromatic nitrogens is 3. The van der Waals surface area contributed by atoms with Crippen molar-refractivity contribution in [2.24, 2.45) is 4.99 Å². The van der Waals surface area contributed by atoms with E-state index in [0.717, 1.165) is 30.2 Å². The minimum Gasteiger partial charge on any atom is -0.478 e. The quantitative estimate of drug-likeness (QED) is 0.465. The summed E-state index contributed by atoms with van der Waals surface area (Å²) in [5, 5.41) is 10.9. The summed E-state index contributed by atoms with van der Waals surface area (Å²) in [6.45, 7) is 4.00. The first-order valence-corrected chi connectivity index (χ1v) is 9.39. The number of benzene rings is 1. The van der Waals surface area contributed by atoms with Crippen LogP contribution in [0, 0.1) is 0 Å². The third-order valence-corrected chi connectivity index (χ3v) is 4.19. The van der Waals surface area contributed by atoms with E-state index in [2.05, 4.69) is 50.0 Å². The molecule has 0 aliphatic rings. The van der Waals surface area contributed by atoms with Crippen LogP contribution in [0.1, 0.15) is 18.1 Å². The highest BCUT2D eigenvalue weighted by molar-refractivity contribution is 5.79. The van der Waals surface area contributed by atoms with Gasteiger partial charge in [0.15, 0.2) is 5.96 Å². The van der Waals surface area contributed by atoms with Crippen molar-refractivity contribution in [3.05, 3.63) is 72.2 Å². The highest BCUT2D eigenvalue weighted by atomic mass is 16.5. The molecule has 1 aromatic carbocycles. The van der Waals surface area contributed by atoms with E-state index in [1.165, 1.54) is 5.56 Å². The van der Waals surface area contributed by atoms with Crippen molar-refractivity contribution in [3.63, 3.8) is 0 Å². The zero-order chi connectivity index (χ0) is 19.6. The molecule has 2 aromatic heterocycles. The fraction of sp³-hybridized carbons (Fsp3) is 0.286. The van der Waals surface area contributed by atoms with Crippen LogP contribution >= 0.6 is 0 Å². The number of hydrogen-bond acceptors (Lipinski definition) is 4. The molecule has 146 valence electrons. The van der Waals surface area contributed by atoms with E-state index in [0.29, 0.717) is 19.0 Å². The molecule has 0 saturated carbocycles. The molecular formula is C21H26N6O. The van der Waals surface area contributed by atoms with Gasteiger partial charge in [-0.3, -0.25) is 4.99 Å². The molecule has 0 amide bonds. The van der Waals surface area contributed by atoms with Crippen LogP contribution in [0.15, 0.2) is 66.0 Å². The molecule has 0 aliphatic heterocycles. The van der Waals surface area contributed by atoms with Gasteiger partial charge in [-0.1, -0.05) is 12.1 Å². The number of nitrogens with one attached hydrogen (secondary N) is 2. The van der Waals surface area contributed by atoms with Gasteiger partial charge < -0.3 is 15.4 Å². The number of pyridine rings is 1. The fourth-order valence-corrected chi connectivity index (χ4v) is 2.76. The normalized spacial score (nSPS) is 11.3. The predicted molar refractivity (Wildman–Crippen MR) is 111 cm³/mol. The van der Waals surface area contributed by atoms with Gasteiger partial charge in [0.05, 0.1) is 12.3 Å². The first kappa shape index (κ1) is 19.4. The molecule has 0 radical (unpaired) electrons. The number of ether oxygens (including phenoxy) is 1. The summed E-state index contributed by atoms with van der Waals surface area (Å²) < 4.78 is 7.29. The van der Waals surface area contributed by atoms with E-state index in [9.17, 15) is 0 Å². The lowest BCUT2D eigenvalue weighted by Gasteiger charge is -2.12. The Hall–Kier alpha value is -3.35. The molecule has 0 spiro atoms. The van der Waals surface area contributed by atoms with Gasteiger partial charge in [-0.25, -0.2) is 9.67 Å². The van der Waals surface area contributed by atoms with Gasteiger partial charge in [0, 0.05) is 44.8 Å². The maximum atomic E-state index is 5.44. The van der Waals surface area contributed by atoms with Gasteiger partial charge in [-0.15, -0.1) is 0 Å². The lowest BCUT2D eigenvalue weighted by Crippen LogP contribution is -2.37. The Balaban J connectivity index is 1.45. The molecule has 0 aliphatic carbocycles. The van der Waals surface area contributed by atoms with Gasteiger partial charge in [0.2, 0.25) is 5.88 Å². The second kappa shape index (κ2) is 10.1. The lowest BCUT2D eigenvalue weighted by atomic mass is 10.1. The number of guanidine groups is 1. The van der Waals surface area contributed by atoms with Crippen LogP contribution in [0.5, 0.6) is 5.88 Å². The van der Waals surface area contributed by atoms with E-state index in [4.69, 9.17) is 4.74 Å². The molecule has 3 aromatic rings. The van der Waals surface area contributed by atoms with Gasteiger partial charge in [-0.05, 0) is 48.7 Å². The van der Waals surface area contributed by atoms with E-state index >= 15 is 0 Å². The predicted octanol–water partition coefficient (Wildman–Crippen LogP) is 2.57. The summed E-state index contributed by atoms with van der Waals surface area (Å²) in [6, 6.07) is 14.2. The largest absolute Gasteiger partial charge is 0.478 e. The molecule has 2 heterocycles. The number of rotatable bonds is 8. The standard InChI is InChI=1S/C21H26N6O/c1-3-28-20-15-18(10-12-23-20)16-25-21(22-2)24-13-9-17-5-7-19(8-6-17)27-14-4-11-26-27/h4-8,10-12,14-15H,3,9,13,16H2,1-2H3,(H2,22,24,25). The molecule has 7 heteroatoms. The highest BCUT2D eigenvalue weighted by Gasteiger charge is 2.02. The van der Waals surface area contributed by atoms with Crippen LogP contribution in [0.3, 0.4) is 0 Å². The second-order valence-electron chi connectivity index (χ2n) is 6.15. The summed E-state index contributed by atoms with van der Waals surface area (Å²) in [7, 11) is 1.77. The SMILES string of the molecule is CCOc1cc(CNC(=NC)NCCc2ccc(-n3cccn3)cc2)ccn1. The summed E-state index contributed by atoms with van der Waals surface area (Å²) >= 11 is 0. The van der Waals surface area contributed by atoms with Crippen molar-refractivity contribution < 1.29 is 4.74 Å².